The second-order valence-corrected chi connectivity index (χ2v) is 9.15. The monoisotopic (exact) mass is 474 g/mol. The number of aliphatic carboxylic acids is 1. The number of aromatic hydroxyl groups is 1. The largest absolute Gasteiger partial charge is 0.508 e. The maximum absolute atomic E-state index is 13.6. The van der Waals surface area contributed by atoms with Crippen LogP contribution in [0.15, 0.2) is 48.9 Å². The highest BCUT2D eigenvalue weighted by Crippen LogP contribution is 2.37. The summed E-state index contributed by atoms with van der Waals surface area (Å²) >= 11 is 0. The molecule has 0 saturated carbocycles. The van der Waals surface area contributed by atoms with Crippen LogP contribution in [0.4, 0.5) is 10.2 Å². The number of fused-ring (bicyclic) bond motifs is 3. The molecule has 178 valence electrons. The van der Waals surface area contributed by atoms with Crippen molar-refractivity contribution >= 4 is 22.8 Å². The summed E-state index contributed by atoms with van der Waals surface area (Å²) in [5, 5.41) is 19.9. The number of halogens is 1. The van der Waals surface area contributed by atoms with Crippen LogP contribution in [0.3, 0.4) is 0 Å². The van der Waals surface area contributed by atoms with Crippen molar-refractivity contribution in [2.75, 3.05) is 18.0 Å². The zero-order valence-corrected chi connectivity index (χ0v) is 18.7. The van der Waals surface area contributed by atoms with Gasteiger partial charge in [-0.25, -0.2) is 19.3 Å². The maximum Gasteiger partial charge on any atom is 0.309 e. The van der Waals surface area contributed by atoms with E-state index in [0.717, 1.165) is 36.3 Å². The van der Waals surface area contributed by atoms with Gasteiger partial charge in [0.05, 0.1) is 12.1 Å². The highest BCUT2D eigenvalue weighted by molar-refractivity contribution is 5.91. The van der Waals surface area contributed by atoms with E-state index in [4.69, 9.17) is 5.11 Å². The molecule has 10 heteroatoms. The second-order valence-electron chi connectivity index (χ2n) is 9.15. The summed E-state index contributed by atoms with van der Waals surface area (Å²) in [6.45, 7) is 2.16. The summed E-state index contributed by atoms with van der Waals surface area (Å²) in [6, 6.07) is 10.4. The number of anilines is 1. The van der Waals surface area contributed by atoms with Gasteiger partial charge in [-0.3, -0.25) is 9.69 Å². The number of nitrogens with zero attached hydrogens (tertiary/aromatic N) is 5. The molecule has 3 fully saturated rings. The average Bonchev–Trinajstić information content (AvgIpc) is 3.26. The Labute approximate surface area is 199 Å². The fraction of sp³-hybridized carbons (Fsp3) is 0.280. The predicted molar refractivity (Wildman–Crippen MR) is 126 cm³/mol. The molecule has 0 amide bonds. The molecule has 6 heterocycles. The summed E-state index contributed by atoms with van der Waals surface area (Å²) < 4.78 is 13.6. The number of aromatic nitrogens is 4. The molecule has 3 aromatic heterocycles. The molecule has 7 rings (SSSR count). The molecule has 3 aliphatic heterocycles. The highest BCUT2D eigenvalue weighted by atomic mass is 19.1. The third-order valence-corrected chi connectivity index (χ3v) is 6.91. The number of nitrogens with one attached hydrogen (secondary N) is 1. The van der Waals surface area contributed by atoms with E-state index in [2.05, 4.69) is 29.7 Å². The number of aromatic amines is 1. The number of carbonyl (C=O) groups is 1. The summed E-state index contributed by atoms with van der Waals surface area (Å²) in [4.78, 5) is 32.0. The summed E-state index contributed by atoms with van der Waals surface area (Å²) in [7, 11) is 0. The van der Waals surface area contributed by atoms with Crippen LogP contribution in [0, 0.1) is 5.82 Å². The molecule has 4 aromatic rings. The molecule has 0 radical (unpaired) electrons. The number of piperidine rings is 1. The Morgan fingerprint density at radius 2 is 1.94 bits per heavy atom. The quantitative estimate of drug-likeness (QED) is 0.390. The first-order chi connectivity index (χ1) is 16.9. The number of benzene rings is 1. The Kier molecular flexibility index (Phi) is 5.10. The molecular formula is C25H23FN6O3. The molecule has 3 aliphatic rings. The van der Waals surface area contributed by atoms with Crippen molar-refractivity contribution in [3.05, 3.63) is 66.0 Å². The molecule has 2 atom stereocenters. The van der Waals surface area contributed by atoms with Crippen LogP contribution < -0.4 is 4.90 Å². The van der Waals surface area contributed by atoms with E-state index in [1.807, 2.05) is 12.1 Å². The van der Waals surface area contributed by atoms with Gasteiger partial charge in [0.1, 0.15) is 29.4 Å². The van der Waals surface area contributed by atoms with Crippen molar-refractivity contribution in [3.63, 3.8) is 0 Å². The molecule has 1 aromatic carbocycles. The fourth-order valence-corrected chi connectivity index (χ4v) is 5.21. The minimum absolute atomic E-state index is 0.111. The van der Waals surface area contributed by atoms with Crippen molar-refractivity contribution in [2.24, 2.45) is 0 Å². The van der Waals surface area contributed by atoms with Gasteiger partial charge in [-0.2, -0.15) is 0 Å². The van der Waals surface area contributed by atoms with Gasteiger partial charge in [-0.1, -0.05) is 0 Å². The van der Waals surface area contributed by atoms with Crippen molar-refractivity contribution in [3.8, 4) is 17.0 Å². The van der Waals surface area contributed by atoms with E-state index in [1.54, 1.807) is 12.3 Å². The van der Waals surface area contributed by atoms with Crippen LogP contribution in [-0.4, -0.2) is 66.2 Å². The molecule has 3 N–H and O–H groups in total. The number of phenols is 1. The lowest BCUT2D eigenvalue weighted by Crippen LogP contribution is -2.68. The SMILES string of the molecule is O=C(O)Cc1cc2c(-c3ccc(N4CC5CC(C4)N5Cc4cc(F)ccc4O)nc3)ncnc2[nH]1. The first-order valence-electron chi connectivity index (χ1n) is 11.4. The number of pyridine rings is 1. The summed E-state index contributed by atoms with van der Waals surface area (Å²) in [5.41, 5.74) is 3.30. The third kappa shape index (κ3) is 3.95. The lowest BCUT2D eigenvalue weighted by Gasteiger charge is -2.56. The van der Waals surface area contributed by atoms with Gasteiger partial charge in [-0.05, 0) is 42.8 Å². The Hall–Kier alpha value is -4.05. The minimum atomic E-state index is -0.914. The molecule has 3 saturated heterocycles. The van der Waals surface area contributed by atoms with Crippen LogP contribution in [0.1, 0.15) is 17.7 Å². The summed E-state index contributed by atoms with van der Waals surface area (Å²) in [5.74, 6) is -0.250. The van der Waals surface area contributed by atoms with Gasteiger partial charge >= 0.3 is 5.97 Å². The lowest BCUT2D eigenvalue weighted by molar-refractivity contribution is -0.136. The highest BCUT2D eigenvalue weighted by Gasteiger charge is 2.44. The maximum atomic E-state index is 13.6. The standard InChI is InChI=1S/C25H23FN6O3/c26-16-2-3-21(33)15(5-16)10-32-18-8-19(32)12-31(11-18)22-4-1-14(9-27-22)24-20-6-17(7-23(34)35)30-25(20)29-13-28-24/h1-6,9,13,18-19,33H,7-8,10-12H2,(H,34,35)(H,28,29,30). The van der Waals surface area contributed by atoms with Gasteiger partial charge in [0.15, 0.2) is 0 Å². The number of rotatable bonds is 6. The van der Waals surface area contributed by atoms with Crippen molar-refractivity contribution in [1.82, 2.24) is 24.8 Å². The first-order valence-corrected chi connectivity index (χ1v) is 11.4. The minimum Gasteiger partial charge on any atom is -0.508 e. The van der Waals surface area contributed by atoms with Crippen molar-refractivity contribution in [2.45, 2.75) is 31.5 Å². The van der Waals surface area contributed by atoms with Gasteiger partial charge < -0.3 is 20.1 Å². The normalized spacial score (nSPS) is 19.6. The van der Waals surface area contributed by atoms with Crippen LogP contribution in [-0.2, 0) is 17.8 Å². The number of hydrogen-bond acceptors (Lipinski definition) is 7. The molecule has 0 aliphatic carbocycles. The van der Waals surface area contributed by atoms with E-state index in [0.29, 0.717) is 41.2 Å². The first kappa shape index (κ1) is 21.5. The zero-order valence-electron chi connectivity index (χ0n) is 18.7. The van der Waals surface area contributed by atoms with Gasteiger partial charge in [0.2, 0.25) is 0 Å². The number of phenolic OH excluding ortho intramolecular Hbond substituents is 1. The number of carboxylic acids is 1. The summed E-state index contributed by atoms with van der Waals surface area (Å²) in [6.07, 6.45) is 4.20. The average molecular weight is 474 g/mol. The molecule has 35 heavy (non-hydrogen) atoms. The van der Waals surface area contributed by atoms with E-state index < -0.39 is 5.97 Å². The third-order valence-electron chi connectivity index (χ3n) is 6.91. The number of carboxylic acid groups (broad SMARTS) is 1. The van der Waals surface area contributed by atoms with E-state index >= 15 is 0 Å². The van der Waals surface area contributed by atoms with Crippen molar-refractivity contribution < 1.29 is 19.4 Å². The molecule has 9 nitrogen and oxygen atoms in total. The smallest absolute Gasteiger partial charge is 0.309 e. The number of piperazine rings is 1. The molecule has 2 bridgehead atoms. The van der Waals surface area contributed by atoms with Gasteiger partial charge in [-0.15, -0.1) is 0 Å². The fourth-order valence-electron chi connectivity index (χ4n) is 5.21. The molecular weight excluding hydrogens is 451 g/mol. The Balaban J connectivity index is 1.17. The predicted octanol–water partition coefficient (Wildman–Crippen LogP) is 2.95. The zero-order chi connectivity index (χ0) is 24.1. The van der Waals surface area contributed by atoms with Crippen LogP contribution in [0.25, 0.3) is 22.3 Å². The van der Waals surface area contributed by atoms with Gasteiger partial charge in [0, 0.05) is 60.1 Å². The second kappa shape index (κ2) is 8.31. The topological polar surface area (TPSA) is 118 Å². The number of H-pyrrole nitrogens is 1. The number of hydrogen-bond donors (Lipinski definition) is 3. The van der Waals surface area contributed by atoms with Gasteiger partial charge in [0.25, 0.3) is 0 Å². The lowest BCUT2D eigenvalue weighted by atomic mass is 9.86. The van der Waals surface area contributed by atoms with Crippen LogP contribution in [0.5, 0.6) is 5.75 Å². The van der Waals surface area contributed by atoms with E-state index in [1.165, 1.54) is 24.5 Å². The van der Waals surface area contributed by atoms with Crippen LogP contribution in [0.2, 0.25) is 0 Å². The van der Waals surface area contributed by atoms with Crippen LogP contribution >= 0.6 is 0 Å². The Morgan fingerprint density at radius 1 is 1.11 bits per heavy atom. The van der Waals surface area contributed by atoms with Crippen molar-refractivity contribution in [1.29, 1.82) is 0 Å². The Bertz CT molecular complexity index is 1410. The van der Waals surface area contributed by atoms with E-state index in [9.17, 15) is 14.3 Å². The Morgan fingerprint density at radius 3 is 2.69 bits per heavy atom. The molecule has 0 spiro atoms. The molecule has 2 unspecified atom stereocenters. The van der Waals surface area contributed by atoms with E-state index in [-0.39, 0.29) is 18.0 Å².